The molecule has 182 valence electrons. The second-order valence-electron chi connectivity index (χ2n) is 8.83. The third-order valence-electron chi connectivity index (χ3n) is 6.02. The minimum Gasteiger partial charge on any atom is -0.465 e. The second-order valence-corrected chi connectivity index (χ2v) is 8.83. The fraction of sp³-hybridized carbons (Fsp3) is 0.321. The Labute approximate surface area is 206 Å². The molecule has 7 nitrogen and oxygen atoms in total. The highest BCUT2D eigenvalue weighted by Gasteiger charge is 2.27. The summed E-state index contributed by atoms with van der Waals surface area (Å²) in [4.78, 5) is 34.0. The number of carbonyl (C=O) groups excluding carboxylic acids is 2. The number of nitrogens with zero attached hydrogens (tertiary/aromatic N) is 3. The van der Waals surface area contributed by atoms with Crippen molar-refractivity contribution in [2.24, 2.45) is 0 Å². The van der Waals surface area contributed by atoms with Crippen molar-refractivity contribution in [2.75, 3.05) is 38.2 Å². The van der Waals surface area contributed by atoms with E-state index in [4.69, 9.17) is 9.47 Å². The number of anilines is 1. The smallest absolute Gasteiger partial charge is 0.342 e. The molecule has 1 saturated heterocycles. The van der Waals surface area contributed by atoms with Gasteiger partial charge in [0, 0.05) is 44.5 Å². The van der Waals surface area contributed by atoms with Crippen LogP contribution in [0.5, 0.6) is 0 Å². The van der Waals surface area contributed by atoms with Gasteiger partial charge in [-0.2, -0.15) is 0 Å². The largest absolute Gasteiger partial charge is 0.465 e. The Bertz CT molecular complexity index is 1150. The predicted octanol–water partition coefficient (Wildman–Crippen LogP) is 4.42. The highest BCUT2D eigenvalue weighted by Crippen LogP contribution is 2.31. The number of hydrogen-bond acceptors (Lipinski definition) is 7. The fourth-order valence-electron chi connectivity index (χ4n) is 4.26. The minimum atomic E-state index is -0.352. The van der Waals surface area contributed by atoms with Gasteiger partial charge in [0.15, 0.2) is 0 Å². The summed E-state index contributed by atoms with van der Waals surface area (Å²) in [6.07, 6.45) is 1.54. The standard InChI is InChI=1S/C28H31N3O4/c1-20(2)35-28(33)25-24(22-7-5-4-6-8-22)13-14-29-26(25)31-17-15-30(16-18-31)19-21-9-11-23(12-10-21)27(32)34-3/h4-14,20H,15-19H2,1-3H3. The first-order valence-electron chi connectivity index (χ1n) is 11.9. The maximum absolute atomic E-state index is 13.2. The number of piperazine rings is 1. The van der Waals surface area contributed by atoms with Crippen LogP contribution in [0.15, 0.2) is 66.9 Å². The van der Waals surface area contributed by atoms with E-state index in [9.17, 15) is 9.59 Å². The number of pyridine rings is 1. The van der Waals surface area contributed by atoms with Crippen molar-refractivity contribution >= 4 is 17.8 Å². The van der Waals surface area contributed by atoms with Gasteiger partial charge in [-0.25, -0.2) is 14.6 Å². The van der Waals surface area contributed by atoms with Crippen molar-refractivity contribution in [1.29, 1.82) is 0 Å². The van der Waals surface area contributed by atoms with Gasteiger partial charge >= 0.3 is 11.9 Å². The van der Waals surface area contributed by atoms with Crippen molar-refractivity contribution in [1.82, 2.24) is 9.88 Å². The summed E-state index contributed by atoms with van der Waals surface area (Å²) in [5.74, 6) is -0.0173. The van der Waals surface area contributed by atoms with Crippen molar-refractivity contribution in [2.45, 2.75) is 26.5 Å². The Hall–Kier alpha value is -3.71. The van der Waals surface area contributed by atoms with Crippen LogP contribution < -0.4 is 4.90 Å². The average molecular weight is 474 g/mol. The lowest BCUT2D eigenvalue weighted by Gasteiger charge is -2.36. The summed E-state index contributed by atoms with van der Waals surface area (Å²) in [7, 11) is 1.38. The predicted molar refractivity (Wildman–Crippen MR) is 135 cm³/mol. The Morgan fingerprint density at radius 3 is 2.23 bits per heavy atom. The molecule has 0 aliphatic carbocycles. The first-order valence-corrected chi connectivity index (χ1v) is 11.9. The molecule has 1 fully saturated rings. The molecular formula is C28H31N3O4. The number of carbonyl (C=O) groups is 2. The number of methoxy groups -OCH3 is 1. The summed E-state index contributed by atoms with van der Waals surface area (Å²) in [6.45, 7) is 7.64. The quantitative estimate of drug-likeness (QED) is 0.470. The lowest BCUT2D eigenvalue weighted by molar-refractivity contribution is 0.0378. The summed E-state index contributed by atoms with van der Waals surface area (Å²) in [6, 6.07) is 19.3. The lowest BCUT2D eigenvalue weighted by Crippen LogP contribution is -2.46. The van der Waals surface area contributed by atoms with Crippen LogP contribution in [0.4, 0.5) is 5.82 Å². The van der Waals surface area contributed by atoms with Gasteiger partial charge in [-0.1, -0.05) is 42.5 Å². The van der Waals surface area contributed by atoms with Crippen molar-refractivity contribution < 1.29 is 19.1 Å². The van der Waals surface area contributed by atoms with Crippen LogP contribution in [-0.4, -0.2) is 61.2 Å². The third-order valence-corrected chi connectivity index (χ3v) is 6.02. The molecule has 3 aromatic rings. The molecule has 7 heteroatoms. The summed E-state index contributed by atoms with van der Waals surface area (Å²) >= 11 is 0. The molecule has 1 aliphatic heterocycles. The highest BCUT2D eigenvalue weighted by atomic mass is 16.5. The molecule has 2 aromatic carbocycles. The third kappa shape index (κ3) is 5.87. The maximum atomic E-state index is 13.2. The molecule has 2 heterocycles. The zero-order valence-corrected chi connectivity index (χ0v) is 20.4. The second kappa shape index (κ2) is 11.1. The maximum Gasteiger partial charge on any atom is 0.342 e. The zero-order chi connectivity index (χ0) is 24.8. The molecular weight excluding hydrogens is 442 g/mol. The van der Waals surface area contributed by atoms with E-state index in [1.165, 1.54) is 7.11 Å². The van der Waals surface area contributed by atoms with E-state index in [2.05, 4.69) is 14.8 Å². The molecule has 35 heavy (non-hydrogen) atoms. The molecule has 0 unspecified atom stereocenters. The van der Waals surface area contributed by atoms with E-state index in [-0.39, 0.29) is 18.0 Å². The zero-order valence-electron chi connectivity index (χ0n) is 20.4. The number of ether oxygens (including phenoxy) is 2. The van der Waals surface area contributed by atoms with Gasteiger partial charge in [0.2, 0.25) is 0 Å². The van der Waals surface area contributed by atoms with Crippen LogP contribution in [0, 0.1) is 0 Å². The van der Waals surface area contributed by atoms with E-state index in [0.29, 0.717) is 16.9 Å². The van der Waals surface area contributed by atoms with E-state index in [0.717, 1.165) is 49.4 Å². The number of aromatic nitrogens is 1. The van der Waals surface area contributed by atoms with Gasteiger partial charge in [0.05, 0.1) is 18.8 Å². The van der Waals surface area contributed by atoms with E-state index in [1.54, 1.807) is 18.3 Å². The summed E-state index contributed by atoms with van der Waals surface area (Å²) < 4.78 is 10.4. The Morgan fingerprint density at radius 1 is 0.914 bits per heavy atom. The lowest BCUT2D eigenvalue weighted by atomic mass is 10.00. The van der Waals surface area contributed by atoms with Crippen LogP contribution in [0.3, 0.4) is 0 Å². The molecule has 1 aromatic heterocycles. The molecule has 1 aliphatic rings. The molecule has 0 amide bonds. The Morgan fingerprint density at radius 2 is 1.60 bits per heavy atom. The molecule has 0 bridgehead atoms. The summed E-state index contributed by atoms with van der Waals surface area (Å²) in [5, 5.41) is 0. The van der Waals surface area contributed by atoms with E-state index in [1.807, 2.05) is 62.4 Å². The van der Waals surface area contributed by atoms with Crippen molar-refractivity contribution in [3.8, 4) is 11.1 Å². The number of rotatable bonds is 7. The van der Waals surface area contributed by atoms with Crippen LogP contribution in [0.2, 0.25) is 0 Å². The topological polar surface area (TPSA) is 72.0 Å². The molecule has 0 saturated carbocycles. The van der Waals surface area contributed by atoms with Gasteiger partial charge in [0.25, 0.3) is 0 Å². The van der Waals surface area contributed by atoms with Gasteiger partial charge in [-0.15, -0.1) is 0 Å². The first kappa shape index (κ1) is 24.4. The average Bonchev–Trinajstić information content (AvgIpc) is 2.89. The van der Waals surface area contributed by atoms with Crippen LogP contribution in [0.1, 0.15) is 40.1 Å². The fourth-order valence-corrected chi connectivity index (χ4v) is 4.26. The van der Waals surface area contributed by atoms with Gasteiger partial charge in [0.1, 0.15) is 11.4 Å². The normalized spacial score (nSPS) is 14.1. The van der Waals surface area contributed by atoms with Crippen molar-refractivity contribution in [3.05, 3.63) is 83.6 Å². The van der Waals surface area contributed by atoms with Crippen LogP contribution in [0.25, 0.3) is 11.1 Å². The molecule has 0 atom stereocenters. The minimum absolute atomic E-state index is 0.221. The van der Waals surface area contributed by atoms with Crippen LogP contribution >= 0.6 is 0 Å². The molecule has 0 radical (unpaired) electrons. The molecule has 4 rings (SSSR count). The Kier molecular flexibility index (Phi) is 7.77. The molecule has 0 N–H and O–H groups in total. The van der Waals surface area contributed by atoms with E-state index < -0.39 is 0 Å². The number of hydrogen-bond donors (Lipinski definition) is 0. The number of benzene rings is 2. The Balaban J connectivity index is 1.51. The first-order chi connectivity index (χ1) is 17.0. The number of esters is 2. The molecule has 0 spiro atoms. The van der Waals surface area contributed by atoms with Gasteiger partial charge in [-0.3, -0.25) is 4.90 Å². The van der Waals surface area contributed by atoms with Gasteiger partial charge in [-0.05, 0) is 43.2 Å². The van der Waals surface area contributed by atoms with Gasteiger partial charge < -0.3 is 14.4 Å². The van der Waals surface area contributed by atoms with Crippen molar-refractivity contribution in [3.63, 3.8) is 0 Å². The van der Waals surface area contributed by atoms with Crippen LogP contribution in [-0.2, 0) is 16.0 Å². The SMILES string of the molecule is COC(=O)c1ccc(CN2CCN(c3nccc(-c4ccccc4)c3C(=O)OC(C)C)CC2)cc1. The monoisotopic (exact) mass is 473 g/mol. The van der Waals surface area contributed by atoms with E-state index >= 15 is 0 Å². The summed E-state index contributed by atoms with van der Waals surface area (Å²) in [5.41, 5.74) is 3.98. The highest BCUT2D eigenvalue weighted by molar-refractivity contribution is 6.02.